The van der Waals surface area contributed by atoms with E-state index in [0.29, 0.717) is 11.4 Å². The lowest BCUT2D eigenvalue weighted by atomic mass is 9.93. The van der Waals surface area contributed by atoms with Gasteiger partial charge in [-0.3, -0.25) is 4.79 Å². The summed E-state index contributed by atoms with van der Waals surface area (Å²) in [4.78, 5) is 22.7. The van der Waals surface area contributed by atoms with Gasteiger partial charge in [-0.2, -0.15) is 5.10 Å². The molecule has 0 unspecified atom stereocenters. The van der Waals surface area contributed by atoms with Crippen LogP contribution in [-0.4, -0.2) is 57.2 Å². The van der Waals surface area contributed by atoms with Gasteiger partial charge < -0.3 is 10.2 Å². The Morgan fingerprint density at radius 2 is 2.04 bits per heavy atom. The monoisotopic (exact) mass is 386 g/mol. The third-order valence-corrected chi connectivity index (χ3v) is 4.35. The Kier molecular flexibility index (Phi) is 8.82. The molecule has 0 bridgehead atoms. The third-order valence-electron chi connectivity index (χ3n) is 4.35. The maximum atomic E-state index is 12.6. The van der Waals surface area contributed by atoms with Crippen molar-refractivity contribution in [2.75, 3.05) is 26.7 Å². The summed E-state index contributed by atoms with van der Waals surface area (Å²) in [7, 11) is 1.98. The first-order chi connectivity index (χ1) is 11.3. The van der Waals surface area contributed by atoms with Crippen molar-refractivity contribution in [3.05, 3.63) is 36.5 Å². The van der Waals surface area contributed by atoms with Gasteiger partial charge in [0.05, 0.1) is 5.56 Å². The molecule has 1 N–H and O–H groups in total. The number of hydrogen-bond donors (Lipinski definition) is 1. The topological polar surface area (TPSA) is 75.9 Å². The number of piperidine rings is 1. The van der Waals surface area contributed by atoms with E-state index in [1.807, 2.05) is 11.9 Å². The van der Waals surface area contributed by atoms with Crippen LogP contribution in [0.1, 0.15) is 29.6 Å². The molecule has 1 amide bonds. The first-order valence-electron chi connectivity index (χ1n) is 8.03. The molecule has 1 fully saturated rings. The number of rotatable bonds is 5. The van der Waals surface area contributed by atoms with Crippen LogP contribution in [0.15, 0.2) is 31.0 Å². The van der Waals surface area contributed by atoms with E-state index in [0.717, 1.165) is 38.4 Å². The lowest BCUT2D eigenvalue weighted by Crippen LogP contribution is -2.39. The fourth-order valence-corrected chi connectivity index (χ4v) is 2.93. The molecule has 138 valence electrons. The minimum Gasteiger partial charge on any atom is -0.339 e. The highest BCUT2D eigenvalue weighted by molar-refractivity contribution is 5.94. The molecule has 0 saturated carbocycles. The van der Waals surface area contributed by atoms with Gasteiger partial charge in [0.25, 0.3) is 5.91 Å². The molecule has 0 aliphatic carbocycles. The van der Waals surface area contributed by atoms with Gasteiger partial charge in [0.15, 0.2) is 5.82 Å². The maximum absolute atomic E-state index is 12.6. The zero-order valence-electron chi connectivity index (χ0n) is 14.2. The number of carbonyl (C=O) groups excluding carboxylic acids is 1. The zero-order chi connectivity index (χ0) is 16.1. The van der Waals surface area contributed by atoms with Crippen LogP contribution in [0.25, 0.3) is 5.82 Å². The van der Waals surface area contributed by atoms with Crippen LogP contribution >= 0.6 is 24.8 Å². The van der Waals surface area contributed by atoms with E-state index in [9.17, 15) is 4.79 Å². The van der Waals surface area contributed by atoms with Crippen molar-refractivity contribution < 1.29 is 4.79 Å². The van der Waals surface area contributed by atoms with Crippen LogP contribution in [-0.2, 0) is 0 Å². The smallest absolute Gasteiger partial charge is 0.255 e. The van der Waals surface area contributed by atoms with Gasteiger partial charge in [0.2, 0.25) is 0 Å². The number of amides is 1. The number of carbonyl (C=O) groups is 1. The van der Waals surface area contributed by atoms with Gasteiger partial charge in [-0.05, 0) is 50.9 Å². The molecule has 0 atom stereocenters. The average Bonchev–Trinajstić information content (AvgIpc) is 3.14. The van der Waals surface area contributed by atoms with Crippen LogP contribution in [0, 0.1) is 5.92 Å². The van der Waals surface area contributed by atoms with Crippen LogP contribution in [0.4, 0.5) is 0 Å². The largest absolute Gasteiger partial charge is 0.339 e. The lowest BCUT2D eigenvalue weighted by Gasteiger charge is -2.32. The summed E-state index contributed by atoms with van der Waals surface area (Å²) >= 11 is 0. The minimum absolute atomic E-state index is 0. The summed E-state index contributed by atoms with van der Waals surface area (Å²) < 4.78 is 1.57. The van der Waals surface area contributed by atoms with Crippen LogP contribution in [0.2, 0.25) is 0 Å². The van der Waals surface area contributed by atoms with Crippen LogP contribution in [0.5, 0.6) is 0 Å². The predicted octanol–water partition coefficient (Wildman–Crippen LogP) is 1.97. The number of likely N-dealkylation sites (tertiary alicyclic amines) is 1. The molecule has 1 aliphatic rings. The van der Waals surface area contributed by atoms with E-state index in [1.54, 1.807) is 29.3 Å². The quantitative estimate of drug-likeness (QED) is 0.849. The van der Waals surface area contributed by atoms with Gasteiger partial charge in [0.1, 0.15) is 12.7 Å². The van der Waals surface area contributed by atoms with Crippen molar-refractivity contribution >= 4 is 30.7 Å². The number of nitrogens with one attached hydrogen (secondary N) is 1. The molecule has 1 aliphatic heterocycles. The summed E-state index contributed by atoms with van der Waals surface area (Å²) in [6, 6.07) is 3.60. The first kappa shape index (κ1) is 21.3. The van der Waals surface area contributed by atoms with Crippen LogP contribution < -0.4 is 5.32 Å². The van der Waals surface area contributed by atoms with Crippen LogP contribution in [0.3, 0.4) is 0 Å². The van der Waals surface area contributed by atoms with Gasteiger partial charge in [-0.15, -0.1) is 24.8 Å². The summed E-state index contributed by atoms with van der Waals surface area (Å²) in [5.74, 6) is 1.44. The Morgan fingerprint density at radius 1 is 1.28 bits per heavy atom. The SMILES string of the molecule is CNCCC1CCN(C(=O)c2ccc(-n3cncn3)nc2)CC1.Cl.Cl. The fraction of sp³-hybridized carbons (Fsp3) is 0.500. The molecule has 9 heteroatoms. The molecular weight excluding hydrogens is 363 g/mol. The Balaban J connectivity index is 0.00000156. The summed E-state index contributed by atoms with van der Waals surface area (Å²) in [5, 5.41) is 7.22. The maximum Gasteiger partial charge on any atom is 0.255 e. The molecule has 0 aromatic carbocycles. The normalized spacial score (nSPS) is 14.5. The van der Waals surface area contributed by atoms with Gasteiger partial charge in [0, 0.05) is 19.3 Å². The van der Waals surface area contributed by atoms with E-state index < -0.39 is 0 Å². The number of halogens is 2. The molecule has 2 aromatic rings. The predicted molar refractivity (Wildman–Crippen MR) is 101 cm³/mol. The standard InChI is InChI=1S/C16H22N6O.2ClH/c1-17-7-4-13-5-8-21(9-6-13)16(23)14-2-3-15(19-10-14)22-12-18-11-20-22;;/h2-3,10-13,17H,4-9H2,1H3;2*1H. The fourth-order valence-electron chi connectivity index (χ4n) is 2.93. The van der Waals surface area contributed by atoms with Gasteiger partial charge in [-0.25, -0.2) is 14.6 Å². The average molecular weight is 387 g/mol. The summed E-state index contributed by atoms with van der Waals surface area (Å²) in [5.41, 5.74) is 0.627. The summed E-state index contributed by atoms with van der Waals surface area (Å²) in [6.07, 6.45) is 8.01. The second-order valence-corrected chi connectivity index (χ2v) is 5.87. The molecule has 3 heterocycles. The van der Waals surface area contributed by atoms with Gasteiger partial charge in [-0.1, -0.05) is 0 Å². The minimum atomic E-state index is 0. The highest BCUT2D eigenvalue weighted by Crippen LogP contribution is 2.21. The van der Waals surface area contributed by atoms with Crippen molar-refractivity contribution in [1.82, 2.24) is 30.0 Å². The molecule has 7 nitrogen and oxygen atoms in total. The first-order valence-corrected chi connectivity index (χ1v) is 8.03. The van der Waals surface area contributed by atoms with Gasteiger partial charge >= 0.3 is 0 Å². The Labute approximate surface area is 160 Å². The number of nitrogens with zero attached hydrogens (tertiary/aromatic N) is 5. The molecule has 0 spiro atoms. The van der Waals surface area contributed by atoms with E-state index >= 15 is 0 Å². The third kappa shape index (κ3) is 5.39. The molecule has 2 aromatic heterocycles. The van der Waals surface area contributed by atoms with E-state index in [4.69, 9.17) is 0 Å². The van der Waals surface area contributed by atoms with Crippen molar-refractivity contribution in [3.63, 3.8) is 0 Å². The molecular formula is C16H24Cl2N6O. The zero-order valence-corrected chi connectivity index (χ0v) is 15.8. The van der Waals surface area contributed by atoms with Crippen molar-refractivity contribution in [2.24, 2.45) is 5.92 Å². The molecule has 0 radical (unpaired) electrons. The summed E-state index contributed by atoms with van der Waals surface area (Å²) in [6.45, 7) is 2.71. The number of aromatic nitrogens is 4. The second kappa shape index (κ2) is 10.3. The van der Waals surface area contributed by atoms with Crippen molar-refractivity contribution in [3.8, 4) is 5.82 Å². The lowest BCUT2D eigenvalue weighted by molar-refractivity contribution is 0.0686. The molecule has 25 heavy (non-hydrogen) atoms. The molecule has 3 rings (SSSR count). The van der Waals surface area contributed by atoms with E-state index in [-0.39, 0.29) is 30.7 Å². The molecule has 1 saturated heterocycles. The highest BCUT2D eigenvalue weighted by atomic mass is 35.5. The Hall–Kier alpha value is -1.70. The number of hydrogen-bond acceptors (Lipinski definition) is 5. The Bertz CT molecular complexity index is 627. The van der Waals surface area contributed by atoms with E-state index in [1.165, 1.54) is 12.7 Å². The van der Waals surface area contributed by atoms with Crippen molar-refractivity contribution in [2.45, 2.75) is 19.3 Å². The second-order valence-electron chi connectivity index (χ2n) is 5.87. The highest BCUT2D eigenvalue weighted by Gasteiger charge is 2.23. The van der Waals surface area contributed by atoms with Crippen molar-refractivity contribution in [1.29, 1.82) is 0 Å². The van der Waals surface area contributed by atoms with E-state index in [2.05, 4.69) is 20.4 Å². The Morgan fingerprint density at radius 3 is 2.60 bits per heavy atom. The number of pyridine rings is 1.